The molecule has 132 valence electrons. The number of carbonyl (C=O) groups excluding carboxylic acids is 1. The smallest absolute Gasteiger partial charge is 0.269 e. The molecule has 9 heteroatoms. The van der Waals surface area contributed by atoms with Crippen LogP contribution in [0.15, 0.2) is 58.7 Å². The third-order valence-corrected chi connectivity index (χ3v) is 4.22. The van der Waals surface area contributed by atoms with Gasteiger partial charge >= 0.3 is 0 Å². The number of amides is 1. The van der Waals surface area contributed by atoms with E-state index in [0.29, 0.717) is 23.3 Å². The molecule has 1 heterocycles. The minimum atomic E-state index is -0.438. The van der Waals surface area contributed by atoms with Crippen molar-refractivity contribution in [2.24, 2.45) is 10.2 Å². The zero-order chi connectivity index (χ0) is 18.4. The minimum absolute atomic E-state index is 0.0465. The van der Waals surface area contributed by atoms with Crippen LogP contribution in [0.4, 0.5) is 5.69 Å². The van der Waals surface area contributed by atoms with E-state index in [2.05, 4.69) is 15.5 Å². The number of ether oxygens (including phenoxy) is 1. The number of hydrogen-bond acceptors (Lipinski definition) is 7. The first-order chi connectivity index (χ1) is 12.6. The Kier molecular flexibility index (Phi) is 5.59. The number of hydrogen-bond donors (Lipinski definition) is 1. The maximum Gasteiger partial charge on any atom is 0.269 e. The molecule has 26 heavy (non-hydrogen) atoms. The van der Waals surface area contributed by atoms with E-state index in [-0.39, 0.29) is 11.6 Å². The van der Waals surface area contributed by atoms with Gasteiger partial charge in [-0.25, -0.2) is 0 Å². The number of carbonyl (C=O) groups is 1. The first kappa shape index (κ1) is 17.6. The Bertz CT molecular complexity index is 881. The van der Waals surface area contributed by atoms with Crippen molar-refractivity contribution in [1.29, 1.82) is 0 Å². The zero-order valence-electron chi connectivity index (χ0n) is 13.5. The van der Waals surface area contributed by atoms with Gasteiger partial charge in [0.1, 0.15) is 12.4 Å². The maximum absolute atomic E-state index is 11.1. The molecule has 0 aromatic heterocycles. The number of nitro groups is 1. The third kappa shape index (κ3) is 4.90. The molecule has 0 spiro atoms. The molecule has 0 aliphatic carbocycles. The molecule has 1 fully saturated rings. The predicted molar refractivity (Wildman–Crippen MR) is 99.5 cm³/mol. The lowest BCUT2D eigenvalue weighted by Gasteiger charge is -2.06. The number of amidine groups is 1. The van der Waals surface area contributed by atoms with Gasteiger partial charge in [-0.3, -0.25) is 14.9 Å². The van der Waals surface area contributed by atoms with Gasteiger partial charge in [-0.2, -0.15) is 5.10 Å². The summed E-state index contributed by atoms with van der Waals surface area (Å²) in [5.74, 6) is 0.925. The van der Waals surface area contributed by atoms with Gasteiger partial charge in [-0.1, -0.05) is 23.9 Å². The number of thioether (sulfide) groups is 1. The Balaban J connectivity index is 1.58. The fraction of sp³-hybridized carbons (Fsp3) is 0.118. The van der Waals surface area contributed by atoms with Crippen LogP contribution in [0.25, 0.3) is 0 Å². The zero-order valence-corrected chi connectivity index (χ0v) is 14.3. The van der Waals surface area contributed by atoms with Gasteiger partial charge in [0.2, 0.25) is 5.91 Å². The summed E-state index contributed by atoms with van der Waals surface area (Å²) in [6.07, 6.45) is 1.57. The number of rotatable bonds is 6. The summed E-state index contributed by atoms with van der Waals surface area (Å²) in [6, 6.07) is 13.5. The van der Waals surface area contributed by atoms with Crippen LogP contribution in [0.1, 0.15) is 11.1 Å². The van der Waals surface area contributed by atoms with Crippen molar-refractivity contribution < 1.29 is 14.5 Å². The molecule has 1 amide bonds. The number of benzene rings is 2. The van der Waals surface area contributed by atoms with Crippen LogP contribution in [0.2, 0.25) is 0 Å². The summed E-state index contributed by atoms with van der Waals surface area (Å²) in [4.78, 5) is 21.3. The second-order valence-electron chi connectivity index (χ2n) is 5.27. The van der Waals surface area contributed by atoms with Crippen LogP contribution in [-0.4, -0.2) is 28.0 Å². The fourth-order valence-corrected chi connectivity index (χ4v) is 2.72. The van der Waals surface area contributed by atoms with Crippen molar-refractivity contribution in [3.8, 4) is 5.75 Å². The van der Waals surface area contributed by atoms with Crippen LogP contribution in [0.5, 0.6) is 5.75 Å². The second-order valence-corrected chi connectivity index (χ2v) is 6.24. The average Bonchev–Trinajstić information content (AvgIpc) is 3.06. The predicted octanol–water partition coefficient (Wildman–Crippen LogP) is 2.73. The largest absolute Gasteiger partial charge is 0.489 e. The van der Waals surface area contributed by atoms with Crippen LogP contribution < -0.4 is 10.1 Å². The molecule has 1 aliphatic rings. The van der Waals surface area contributed by atoms with Crippen LogP contribution in [0, 0.1) is 10.1 Å². The Labute approximate surface area is 153 Å². The Hall–Kier alpha value is -3.20. The van der Waals surface area contributed by atoms with Crippen molar-refractivity contribution in [3.05, 3.63) is 69.8 Å². The minimum Gasteiger partial charge on any atom is -0.489 e. The summed E-state index contributed by atoms with van der Waals surface area (Å²) in [5, 5.41) is 21.6. The average molecular weight is 370 g/mol. The number of nitrogens with zero attached hydrogens (tertiary/aromatic N) is 3. The van der Waals surface area contributed by atoms with E-state index in [0.717, 1.165) is 11.1 Å². The highest BCUT2D eigenvalue weighted by molar-refractivity contribution is 8.15. The highest BCUT2D eigenvalue weighted by atomic mass is 32.2. The van der Waals surface area contributed by atoms with Crippen molar-refractivity contribution in [2.75, 3.05) is 5.75 Å². The van der Waals surface area contributed by atoms with Crippen molar-refractivity contribution >= 4 is 34.7 Å². The molecule has 0 unspecified atom stereocenters. The van der Waals surface area contributed by atoms with Gasteiger partial charge in [-0.05, 0) is 35.4 Å². The second kappa shape index (κ2) is 8.26. The molecule has 8 nitrogen and oxygen atoms in total. The Morgan fingerprint density at radius 1 is 1.27 bits per heavy atom. The molecular formula is C17H14N4O4S. The van der Waals surface area contributed by atoms with Crippen molar-refractivity contribution in [1.82, 2.24) is 5.32 Å². The topological polar surface area (TPSA) is 106 Å². The Morgan fingerprint density at radius 2 is 2.08 bits per heavy atom. The molecule has 0 saturated carbocycles. The standard InChI is InChI=1S/C17H14N4O4S/c22-16-11-26-17(19-16)20-18-9-13-2-1-3-15(8-13)25-10-12-4-6-14(7-5-12)21(23)24/h1-9H,10-11H2,(H,19,20,22). The highest BCUT2D eigenvalue weighted by Gasteiger charge is 2.15. The van der Waals surface area contributed by atoms with Gasteiger partial charge in [0.05, 0.1) is 16.9 Å². The molecule has 1 N–H and O–H groups in total. The lowest BCUT2D eigenvalue weighted by molar-refractivity contribution is -0.384. The molecular weight excluding hydrogens is 356 g/mol. The van der Waals surface area contributed by atoms with Gasteiger partial charge in [0, 0.05) is 12.1 Å². The normalized spacial score (nSPS) is 15.4. The van der Waals surface area contributed by atoms with Crippen LogP contribution >= 0.6 is 11.8 Å². The summed E-state index contributed by atoms with van der Waals surface area (Å²) >= 11 is 1.31. The van der Waals surface area contributed by atoms with Crippen LogP contribution in [0.3, 0.4) is 0 Å². The Morgan fingerprint density at radius 3 is 2.77 bits per heavy atom. The summed E-state index contributed by atoms with van der Waals surface area (Å²) in [5.41, 5.74) is 1.67. The highest BCUT2D eigenvalue weighted by Crippen LogP contribution is 2.17. The van der Waals surface area contributed by atoms with Crippen LogP contribution in [-0.2, 0) is 11.4 Å². The van der Waals surface area contributed by atoms with E-state index in [4.69, 9.17) is 4.74 Å². The van der Waals surface area contributed by atoms with E-state index in [9.17, 15) is 14.9 Å². The quantitative estimate of drug-likeness (QED) is 0.478. The fourth-order valence-electron chi connectivity index (χ4n) is 2.09. The van der Waals surface area contributed by atoms with E-state index in [1.54, 1.807) is 24.4 Å². The van der Waals surface area contributed by atoms with E-state index < -0.39 is 4.92 Å². The number of non-ortho nitro benzene ring substituents is 1. The molecule has 2 aromatic carbocycles. The lowest BCUT2D eigenvalue weighted by Crippen LogP contribution is -2.19. The summed E-state index contributed by atoms with van der Waals surface area (Å²) in [6.45, 7) is 0.295. The molecule has 0 bridgehead atoms. The SMILES string of the molecule is O=C1CSC(=NN=Cc2cccc(OCc3ccc([N+](=O)[O-])cc3)c2)N1. The van der Waals surface area contributed by atoms with E-state index in [1.807, 2.05) is 18.2 Å². The van der Waals surface area contributed by atoms with Gasteiger partial charge < -0.3 is 10.1 Å². The van der Waals surface area contributed by atoms with Gasteiger partial charge in [0.25, 0.3) is 5.69 Å². The molecule has 0 atom stereocenters. The van der Waals surface area contributed by atoms with E-state index >= 15 is 0 Å². The molecule has 2 aromatic rings. The number of nitro benzene ring substituents is 1. The molecule has 3 rings (SSSR count). The van der Waals surface area contributed by atoms with Gasteiger partial charge in [-0.15, -0.1) is 5.10 Å². The summed E-state index contributed by atoms with van der Waals surface area (Å²) in [7, 11) is 0. The first-order valence-electron chi connectivity index (χ1n) is 7.60. The molecule has 1 saturated heterocycles. The third-order valence-electron chi connectivity index (χ3n) is 3.35. The van der Waals surface area contributed by atoms with E-state index in [1.165, 1.54) is 23.9 Å². The maximum atomic E-state index is 11.1. The van der Waals surface area contributed by atoms with Crippen molar-refractivity contribution in [2.45, 2.75) is 6.61 Å². The first-order valence-corrected chi connectivity index (χ1v) is 8.58. The number of nitrogens with one attached hydrogen (secondary N) is 1. The van der Waals surface area contributed by atoms with Crippen molar-refractivity contribution in [3.63, 3.8) is 0 Å². The monoisotopic (exact) mass is 370 g/mol. The molecule has 1 aliphatic heterocycles. The lowest BCUT2D eigenvalue weighted by atomic mass is 10.2. The summed E-state index contributed by atoms with van der Waals surface area (Å²) < 4.78 is 5.70. The molecule has 0 radical (unpaired) electrons. The van der Waals surface area contributed by atoms with Gasteiger partial charge in [0.15, 0.2) is 5.17 Å².